The van der Waals surface area contributed by atoms with Crippen molar-refractivity contribution in [2.75, 3.05) is 33.3 Å². The molecule has 1 aromatic rings. The van der Waals surface area contributed by atoms with Crippen LogP contribution in [0.2, 0.25) is 0 Å². The number of β-amino-alcohol motifs (C(OH)–C–C–N with tert-alkyl or cyclic N) is 1. The van der Waals surface area contributed by atoms with Crippen molar-refractivity contribution in [2.45, 2.75) is 37.7 Å². The highest BCUT2D eigenvalue weighted by molar-refractivity contribution is 5.80. The third-order valence-corrected chi connectivity index (χ3v) is 4.86. The van der Waals surface area contributed by atoms with Gasteiger partial charge in [0.25, 0.3) is 0 Å². The van der Waals surface area contributed by atoms with Crippen LogP contribution in [0.25, 0.3) is 0 Å². The van der Waals surface area contributed by atoms with E-state index in [0.29, 0.717) is 6.54 Å². The van der Waals surface area contributed by atoms with Crippen molar-refractivity contribution < 1.29 is 9.84 Å². The molecule has 1 saturated carbocycles. The number of aliphatic hydroxyl groups excluding tert-OH is 1. The fourth-order valence-electron chi connectivity index (χ4n) is 3.33. The zero-order valence-corrected chi connectivity index (χ0v) is 14.1. The molecule has 1 aromatic carbocycles. The van der Waals surface area contributed by atoms with Gasteiger partial charge in [-0.3, -0.25) is 4.99 Å². The first-order valence-corrected chi connectivity index (χ1v) is 8.53. The van der Waals surface area contributed by atoms with Crippen LogP contribution in [0, 0.1) is 0 Å². The average molecular weight is 317 g/mol. The van der Waals surface area contributed by atoms with E-state index in [-0.39, 0.29) is 11.5 Å². The molecule has 126 valence electrons. The number of hydrogen-bond donors (Lipinski definition) is 2. The molecule has 2 N–H and O–H groups in total. The summed E-state index contributed by atoms with van der Waals surface area (Å²) in [6.45, 7) is 5.23. The Hall–Kier alpha value is -1.75. The Labute approximate surface area is 138 Å². The topological polar surface area (TPSA) is 57.1 Å². The fraction of sp³-hybridized carbons (Fsp3) is 0.611. The van der Waals surface area contributed by atoms with E-state index in [1.165, 1.54) is 5.56 Å². The number of rotatable bonds is 5. The maximum atomic E-state index is 9.76. The van der Waals surface area contributed by atoms with E-state index in [2.05, 4.69) is 29.3 Å². The third kappa shape index (κ3) is 3.44. The van der Waals surface area contributed by atoms with Crippen LogP contribution in [-0.2, 0) is 5.41 Å². The van der Waals surface area contributed by atoms with Crippen LogP contribution in [0.1, 0.15) is 31.7 Å². The van der Waals surface area contributed by atoms with E-state index in [1.54, 1.807) is 7.11 Å². The van der Waals surface area contributed by atoms with Crippen LogP contribution in [0.15, 0.2) is 29.3 Å². The van der Waals surface area contributed by atoms with E-state index in [0.717, 1.165) is 50.6 Å². The maximum Gasteiger partial charge on any atom is 0.194 e. The van der Waals surface area contributed by atoms with Crippen LogP contribution < -0.4 is 10.1 Å². The van der Waals surface area contributed by atoms with Crippen LogP contribution in [0.4, 0.5) is 0 Å². The summed E-state index contributed by atoms with van der Waals surface area (Å²) in [5.41, 5.74) is 1.38. The van der Waals surface area contributed by atoms with Crippen molar-refractivity contribution in [3.05, 3.63) is 29.8 Å². The second-order valence-corrected chi connectivity index (χ2v) is 6.54. The van der Waals surface area contributed by atoms with E-state index >= 15 is 0 Å². The predicted molar refractivity (Wildman–Crippen MR) is 92.1 cm³/mol. The highest BCUT2D eigenvalue weighted by Crippen LogP contribution is 2.51. The van der Waals surface area contributed by atoms with Gasteiger partial charge in [0.2, 0.25) is 0 Å². The summed E-state index contributed by atoms with van der Waals surface area (Å²) in [7, 11) is 1.73. The van der Waals surface area contributed by atoms with Crippen molar-refractivity contribution in [2.24, 2.45) is 4.99 Å². The van der Waals surface area contributed by atoms with Gasteiger partial charge in [0, 0.05) is 30.6 Å². The zero-order chi connectivity index (χ0) is 16.3. The summed E-state index contributed by atoms with van der Waals surface area (Å²) < 4.78 is 5.53. The average Bonchev–Trinajstić information content (AvgIpc) is 3.25. The number of guanidine groups is 1. The van der Waals surface area contributed by atoms with Gasteiger partial charge < -0.3 is 20.1 Å². The predicted octanol–water partition coefficient (Wildman–Crippen LogP) is 1.76. The number of aliphatic imine (C=N–C) groups is 1. The molecular formula is C18H27N3O2. The van der Waals surface area contributed by atoms with Crippen LogP contribution in [0.5, 0.6) is 5.75 Å². The molecule has 1 saturated heterocycles. The smallest absolute Gasteiger partial charge is 0.194 e. The summed E-state index contributed by atoms with van der Waals surface area (Å²) in [4.78, 5) is 7.04. The number of benzene rings is 1. The third-order valence-electron chi connectivity index (χ3n) is 4.86. The highest BCUT2D eigenvalue weighted by atomic mass is 16.5. The molecule has 0 radical (unpaired) electrons. The zero-order valence-electron chi connectivity index (χ0n) is 14.1. The number of hydrogen-bond acceptors (Lipinski definition) is 3. The number of aliphatic hydroxyl groups is 1. The Kier molecular flexibility index (Phi) is 4.76. The number of methoxy groups -OCH3 is 1. The number of ether oxygens (including phenoxy) is 1. The molecule has 0 amide bonds. The van der Waals surface area contributed by atoms with Crippen LogP contribution >= 0.6 is 0 Å². The standard InChI is InChI=1S/C18H27N3O2/c1-3-19-17(21-11-8-14(22)12-21)20-13-18(9-10-18)15-6-4-5-7-16(15)23-2/h4-7,14,22H,3,8-13H2,1-2H3,(H,19,20)/t14-/m1/s1. The van der Waals surface area contributed by atoms with Gasteiger partial charge in [-0.25, -0.2) is 0 Å². The minimum absolute atomic E-state index is 0.117. The maximum absolute atomic E-state index is 9.76. The lowest BCUT2D eigenvalue weighted by Crippen LogP contribution is -2.41. The lowest BCUT2D eigenvalue weighted by molar-refractivity contribution is 0.188. The summed E-state index contributed by atoms with van der Waals surface area (Å²) in [5, 5.41) is 13.1. The van der Waals surface area contributed by atoms with Gasteiger partial charge in [0.15, 0.2) is 5.96 Å². The summed E-state index contributed by atoms with van der Waals surface area (Å²) in [6, 6.07) is 8.27. The first-order valence-electron chi connectivity index (χ1n) is 8.53. The molecule has 1 heterocycles. The second kappa shape index (κ2) is 6.79. The summed E-state index contributed by atoms with van der Waals surface area (Å²) >= 11 is 0. The number of likely N-dealkylation sites (tertiary alicyclic amines) is 1. The van der Waals surface area contributed by atoms with Gasteiger partial charge in [-0.15, -0.1) is 0 Å². The molecule has 2 fully saturated rings. The Balaban J connectivity index is 1.76. The first-order chi connectivity index (χ1) is 11.2. The van der Waals surface area contributed by atoms with Gasteiger partial charge in [0.1, 0.15) is 5.75 Å². The quantitative estimate of drug-likeness (QED) is 0.642. The van der Waals surface area contributed by atoms with Crippen molar-refractivity contribution in [3.63, 3.8) is 0 Å². The Morgan fingerprint density at radius 2 is 2.22 bits per heavy atom. The minimum atomic E-state index is -0.233. The monoisotopic (exact) mass is 317 g/mol. The molecule has 1 atom stereocenters. The molecular weight excluding hydrogens is 290 g/mol. The molecule has 3 rings (SSSR count). The van der Waals surface area contributed by atoms with Crippen LogP contribution in [-0.4, -0.2) is 55.4 Å². The molecule has 0 unspecified atom stereocenters. The Bertz CT molecular complexity index is 569. The van der Waals surface area contributed by atoms with Crippen molar-refractivity contribution in [1.82, 2.24) is 10.2 Å². The number of nitrogens with one attached hydrogen (secondary N) is 1. The summed E-state index contributed by atoms with van der Waals surface area (Å²) in [5.74, 6) is 1.88. The van der Waals surface area contributed by atoms with Crippen molar-refractivity contribution in [3.8, 4) is 5.75 Å². The largest absolute Gasteiger partial charge is 0.496 e. The van der Waals surface area contributed by atoms with Gasteiger partial charge in [-0.05, 0) is 32.3 Å². The van der Waals surface area contributed by atoms with Gasteiger partial charge in [-0.2, -0.15) is 0 Å². The molecule has 1 aliphatic carbocycles. The van der Waals surface area contributed by atoms with Gasteiger partial charge in [-0.1, -0.05) is 18.2 Å². The normalized spacial score (nSPS) is 23.0. The highest BCUT2D eigenvalue weighted by Gasteiger charge is 2.46. The SMILES string of the molecule is CCNC(=NCC1(c2ccccc2OC)CC1)N1CC[C@@H](O)C1. The van der Waals surface area contributed by atoms with Crippen molar-refractivity contribution >= 4 is 5.96 Å². The number of nitrogens with zero attached hydrogens (tertiary/aromatic N) is 2. The van der Waals surface area contributed by atoms with E-state index in [9.17, 15) is 5.11 Å². The molecule has 0 aromatic heterocycles. The second-order valence-electron chi connectivity index (χ2n) is 6.54. The van der Waals surface area contributed by atoms with Crippen molar-refractivity contribution in [1.29, 1.82) is 0 Å². The van der Waals surface area contributed by atoms with E-state index in [1.807, 2.05) is 12.1 Å². The fourth-order valence-corrected chi connectivity index (χ4v) is 3.33. The Morgan fingerprint density at radius 1 is 1.43 bits per heavy atom. The molecule has 1 aliphatic heterocycles. The van der Waals surface area contributed by atoms with E-state index < -0.39 is 0 Å². The Morgan fingerprint density at radius 3 is 2.83 bits per heavy atom. The molecule has 5 nitrogen and oxygen atoms in total. The molecule has 23 heavy (non-hydrogen) atoms. The van der Waals surface area contributed by atoms with Gasteiger partial charge in [0.05, 0.1) is 19.8 Å². The molecule has 0 bridgehead atoms. The number of para-hydroxylation sites is 1. The lowest BCUT2D eigenvalue weighted by atomic mass is 9.95. The van der Waals surface area contributed by atoms with Crippen LogP contribution in [0.3, 0.4) is 0 Å². The first kappa shape index (κ1) is 16.1. The molecule has 2 aliphatic rings. The van der Waals surface area contributed by atoms with Gasteiger partial charge >= 0.3 is 0 Å². The molecule has 0 spiro atoms. The minimum Gasteiger partial charge on any atom is -0.496 e. The molecule has 5 heteroatoms. The summed E-state index contributed by atoms with van der Waals surface area (Å²) in [6.07, 6.45) is 2.89. The lowest BCUT2D eigenvalue weighted by Gasteiger charge is -2.23. The van der Waals surface area contributed by atoms with E-state index in [4.69, 9.17) is 9.73 Å².